The molecule has 0 unspecified atom stereocenters. The molecule has 190 valence electrons. The third-order valence-electron chi connectivity index (χ3n) is 5.60. The van der Waals surface area contributed by atoms with Gasteiger partial charge >= 0.3 is 6.03 Å². The van der Waals surface area contributed by atoms with Crippen LogP contribution in [0.2, 0.25) is 5.02 Å². The Balaban J connectivity index is 1.46. The lowest BCUT2D eigenvalue weighted by atomic mass is 9.98. The van der Waals surface area contributed by atoms with Gasteiger partial charge in [0, 0.05) is 29.7 Å². The molecule has 0 aliphatic rings. The molecule has 0 aliphatic heterocycles. The Hall–Kier alpha value is -3.72. The van der Waals surface area contributed by atoms with E-state index in [1.807, 2.05) is 60.7 Å². The van der Waals surface area contributed by atoms with Crippen molar-refractivity contribution in [2.75, 3.05) is 25.6 Å². The van der Waals surface area contributed by atoms with Crippen molar-refractivity contribution in [3.8, 4) is 0 Å². The maximum absolute atomic E-state index is 13.2. The van der Waals surface area contributed by atoms with E-state index < -0.39 is 0 Å². The zero-order chi connectivity index (χ0) is 26.0. The summed E-state index contributed by atoms with van der Waals surface area (Å²) in [5.74, 6) is -0.283. The molecule has 1 aromatic heterocycles. The van der Waals surface area contributed by atoms with Gasteiger partial charge in [-0.25, -0.2) is 9.78 Å². The average Bonchev–Trinajstić information content (AvgIpc) is 3.40. The number of nitrogens with zero attached hydrogens (tertiary/aromatic N) is 2. The molecule has 4 aromatic rings. The molecule has 2 N–H and O–H groups in total. The summed E-state index contributed by atoms with van der Waals surface area (Å²) < 4.78 is 5.18. The highest BCUT2D eigenvalue weighted by atomic mass is 35.5. The van der Waals surface area contributed by atoms with Crippen LogP contribution in [-0.2, 0) is 11.3 Å². The Labute approximate surface area is 225 Å². The summed E-state index contributed by atoms with van der Waals surface area (Å²) in [4.78, 5) is 32.2. The zero-order valence-corrected chi connectivity index (χ0v) is 21.8. The van der Waals surface area contributed by atoms with Crippen LogP contribution in [0, 0.1) is 0 Å². The summed E-state index contributed by atoms with van der Waals surface area (Å²) in [5, 5.41) is 8.91. The number of amides is 3. The van der Waals surface area contributed by atoms with E-state index in [1.165, 1.54) is 11.3 Å². The molecule has 3 amide bonds. The molecule has 0 spiro atoms. The Kier molecular flexibility index (Phi) is 9.26. The number of anilines is 1. The smallest absolute Gasteiger partial charge is 0.322 e. The van der Waals surface area contributed by atoms with Gasteiger partial charge in [-0.3, -0.25) is 4.79 Å². The second-order valence-electron chi connectivity index (χ2n) is 8.21. The largest absolute Gasteiger partial charge is 0.383 e. The summed E-state index contributed by atoms with van der Waals surface area (Å²) in [5.41, 5.74) is 2.88. The van der Waals surface area contributed by atoms with E-state index in [0.29, 0.717) is 34.6 Å². The molecule has 0 bridgehead atoms. The second-order valence-corrected chi connectivity index (χ2v) is 9.58. The van der Waals surface area contributed by atoms with Gasteiger partial charge < -0.3 is 20.3 Å². The van der Waals surface area contributed by atoms with Crippen LogP contribution in [0.25, 0.3) is 0 Å². The maximum atomic E-state index is 13.2. The number of nitrogens with one attached hydrogen (secondary N) is 2. The fraction of sp³-hybridized carbons (Fsp3) is 0.179. The van der Waals surface area contributed by atoms with Crippen molar-refractivity contribution < 1.29 is 14.3 Å². The highest BCUT2D eigenvalue weighted by molar-refractivity contribution is 7.09. The third-order valence-corrected chi connectivity index (χ3v) is 6.69. The van der Waals surface area contributed by atoms with Gasteiger partial charge in [0.15, 0.2) is 0 Å². The molecule has 1 heterocycles. The molecule has 0 atom stereocenters. The van der Waals surface area contributed by atoms with Crippen molar-refractivity contribution in [1.29, 1.82) is 0 Å². The standard InChI is InChI=1S/C28H27ClN4O3S/c1-36-17-16-33(28(35)30-23-14-12-22(29)13-15-23)18-25-31-24(19-37-25)27(34)32-26(20-8-4-2-5-9-20)21-10-6-3-7-11-21/h2-15,19,26H,16-18H2,1H3,(H,30,35)(H,32,34). The first-order valence-electron chi connectivity index (χ1n) is 11.7. The van der Waals surface area contributed by atoms with Gasteiger partial charge in [0.25, 0.3) is 5.91 Å². The van der Waals surface area contributed by atoms with E-state index in [-0.39, 0.29) is 24.5 Å². The lowest BCUT2D eigenvalue weighted by Crippen LogP contribution is -2.37. The monoisotopic (exact) mass is 534 g/mol. The highest BCUT2D eigenvalue weighted by Crippen LogP contribution is 2.23. The van der Waals surface area contributed by atoms with Crippen LogP contribution < -0.4 is 10.6 Å². The molecular formula is C28H27ClN4O3S. The van der Waals surface area contributed by atoms with E-state index in [1.54, 1.807) is 41.7 Å². The Bertz CT molecular complexity index is 1260. The minimum absolute atomic E-state index is 0.238. The van der Waals surface area contributed by atoms with Crippen LogP contribution in [0.3, 0.4) is 0 Å². The quantitative estimate of drug-likeness (QED) is 0.261. The molecule has 0 saturated carbocycles. The van der Waals surface area contributed by atoms with Gasteiger partial charge in [0.05, 0.1) is 19.2 Å². The first kappa shape index (κ1) is 26.3. The number of hydrogen-bond acceptors (Lipinski definition) is 5. The molecule has 0 aliphatic carbocycles. The number of methoxy groups -OCH3 is 1. The Morgan fingerprint density at radius 2 is 1.59 bits per heavy atom. The predicted molar refractivity (Wildman–Crippen MR) is 147 cm³/mol. The Morgan fingerprint density at radius 3 is 2.19 bits per heavy atom. The summed E-state index contributed by atoms with van der Waals surface area (Å²) in [6, 6.07) is 25.9. The SMILES string of the molecule is COCCN(Cc1nc(C(=O)NC(c2ccccc2)c2ccccc2)cs1)C(=O)Nc1ccc(Cl)cc1. The minimum atomic E-state index is -0.316. The van der Waals surface area contributed by atoms with Crippen molar-refractivity contribution in [2.45, 2.75) is 12.6 Å². The number of halogens is 1. The van der Waals surface area contributed by atoms with Crippen molar-refractivity contribution in [3.05, 3.63) is 117 Å². The highest BCUT2D eigenvalue weighted by Gasteiger charge is 2.21. The Morgan fingerprint density at radius 1 is 0.973 bits per heavy atom. The van der Waals surface area contributed by atoms with E-state index in [0.717, 1.165) is 11.1 Å². The fourth-order valence-electron chi connectivity index (χ4n) is 3.70. The lowest BCUT2D eigenvalue weighted by molar-refractivity contribution is 0.0938. The number of thiazole rings is 1. The molecular weight excluding hydrogens is 508 g/mol. The molecule has 3 aromatic carbocycles. The van der Waals surface area contributed by atoms with E-state index in [4.69, 9.17) is 16.3 Å². The van der Waals surface area contributed by atoms with Gasteiger partial charge in [-0.15, -0.1) is 11.3 Å². The third kappa shape index (κ3) is 7.39. The summed E-state index contributed by atoms with van der Waals surface area (Å²) in [7, 11) is 1.58. The van der Waals surface area contributed by atoms with Crippen molar-refractivity contribution in [2.24, 2.45) is 0 Å². The van der Waals surface area contributed by atoms with E-state index in [9.17, 15) is 9.59 Å². The summed E-state index contributed by atoms with van der Waals surface area (Å²) in [6.07, 6.45) is 0. The number of urea groups is 1. The topological polar surface area (TPSA) is 83.6 Å². The number of ether oxygens (including phenoxy) is 1. The van der Waals surface area contributed by atoms with Gasteiger partial charge in [-0.2, -0.15) is 0 Å². The number of carbonyl (C=O) groups is 2. The first-order valence-corrected chi connectivity index (χ1v) is 12.9. The molecule has 7 nitrogen and oxygen atoms in total. The van der Waals surface area contributed by atoms with E-state index >= 15 is 0 Å². The van der Waals surface area contributed by atoms with Crippen LogP contribution in [0.1, 0.15) is 32.7 Å². The van der Waals surface area contributed by atoms with Gasteiger partial charge in [0.2, 0.25) is 0 Å². The van der Waals surface area contributed by atoms with Crippen molar-refractivity contribution in [3.63, 3.8) is 0 Å². The fourth-order valence-corrected chi connectivity index (χ4v) is 4.61. The second kappa shape index (κ2) is 13.0. The molecule has 9 heteroatoms. The molecule has 0 fully saturated rings. The number of aromatic nitrogens is 1. The number of benzene rings is 3. The van der Waals surface area contributed by atoms with E-state index in [2.05, 4.69) is 15.6 Å². The van der Waals surface area contributed by atoms with Crippen LogP contribution in [0.5, 0.6) is 0 Å². The summed E-state index contributed by atoms with van der Waals surface area (Å²) in [6.45, 7) is 0.964. The molecule has 4 rings (SSSR count). The van der Waals surface area contributed by atoms with Gasteiger partial charge in [-0.1, -0.05) is 72.3 Å². The van der Waals surface area contributed by atoms with Gasteiger partial charge in [0.1, 0.15) is 10.7 Å². The number of carbonyl (C=O) groups excluding carboxylic acids is 2. The van der Waals surface area contributed by atoms with Crippen molar-refractivity contribution in [1.82, 2.24) is 15.2 Å². The average molecular weight is 535 g/mol. The van der Waals surface area contributed by atoms with Crippen LogP contribution in [-0.4, -0.2) is 42.1 Å². The molecule has 0 saturated heterocycles. The number of rotatable bonds is 10. The molecule has 37 heavy (non-hydrogen) atoms. The lowest BCUT2D eigenvalue weighted by Gasteiger charge is -2.22. The minimum Gasteiger partial charge on any atom is -0.383 e. The first-order chi connectivity index (χ1) is 18.0. The predicted octanol–water partition coefficient (Wildman–Crippen LogP) is 6.00. The van der Waals surface area contributed by atoms with Crippen LogP contribution in [0.15, 0.2) is 90.3 Å². The van der Waals surface area contributed by atoms with Crippen LogP contribution in [0.4, 0.5) is 10.5 Å². The van der Waals surface area contributed by atoms with Crippen molar-refractivity contribution >= 4 is 40.6 Å². The van der Waals surface area contributed by atoms with Gasteiger partial charge in [-0.05, 0) is 35.4 Å². The van der Waals surface area contributed by atoms with Crippen LogP contribution >= 0.6 is 22.9 Å². The number of hydrogen-bond donors (Lipinski definition) is 2. The summed E-state index contributed by atoms with van der Waals surface area (Å²) >= 11 is 7.27. The zero-order valence-electron chi connectivity index (χ0n) is 20.3. The molecule has 0 radical (unpaired) electrons. The normalized spacial score (nSPS) is 10.8. The maximum Gasteiger partial charge on any atom is 0.322 e.